The monoisotopic (exact) mass is 340 g/mol. The number of unbranched alkanes of at least 4 members (excludes halogenated alkanes) is 4. The summed E-state index contributed by atoms with van der Waals surface area (Å²) in [5, 5.41) is 8.04. The van der Waals surface area contributed by atoms with Gasteiger partial charge in [-0.2, -0.15) is 0 Å². The van der Waals surface area contributed by atoms with E-state index in [2.05, 4.69) is 11.7 Å². The van der Waals surface area contributed by atoms with Crippen LogP contribution in [0.5, 0.6) is 0 Å². The molecule has 0 bridgehead atoms. The Hall–Kier alpha value is 0.850. The third-order valence-electron chi connectivity index (χ3n) is 2.47. The molecule has 0 spiro atoms. The van der Waals surface area contributed by atoms with E-state index < -0.39 is 33.7 Å². The van der Waals surface area contributed by atoms with Crippen molar-refractivity contribution in [3.8, 4) is 0 Å². The molecule has 0 radical (unpaired) electrons. The number of ether oxygens (including phenoxy) is 1. The summed E-state index contributed by atoms with van der Waals surface area (Å²) in [7, 11) is -5.11. The van der Waals surface area contributed by atoms with E-state index >= 15 is 0 Å². The topological polar surface area (TPSA) is 124 Å². The van der Waals surface area contributed by atoms with Crippen molar-refractivity contribution >= 4 is 22.1 Å². The van der Waals surface area contributed by atoms with Crippen LogP contribution in [-0.2, 0) is 24.4 Å². The van der Waals surface area contributed by atoms with Crippen molar-refractivity contribution in [3.63, 3.8) is 0 Å². The summed E-state index contributed by atoms with van der Waals surface area (Å²) in [6.45, 7) is 2.14. The summed E-state index contributed by atoms with van der Waals surface area (Å²) in [4.78, 5) is 21.6. The quantitative estimate of drug-likeness (QED) is 0.168. The van der Waals surface area contributed by atoms with Gasteiger partial charge >= 0.3 is 65.1 Å². The van der Waals surface area contributed by atoms with Gasteiger partial charge in [-0.05, 0) is 6.42 Å². The van der Waals surface area contributed by atoms with Crippen LogP contribution in [0, 0.1) is 0 Å². The molecule has 1 atom stereocenters. The largest absolute Gasteiger partial charge is 1.00 e. The summed E-state index contributed by atoms with van der Waals surface area (Å²) < 4.78 is 36.4. The van der Waals surface area contributed by atoms with Gasteiger partial charge in [-0.15, -0.1) is 0 Å². The van der Waals surface area contributed by atoms with Crippen molar-refractivity contribution in [2.75, 3.05) is 6.61 Å². The number of carbonyl (C=O) groups excluding carboxylic acids is 2. The number of carboxylic acid groups (broad SMARTS) is 1. The SMILES string of the molecule is CCCCCCCOC(=O)CC(C(=O)[O-])S(=O)(=O)[O-].[Na+].[Na+]. The minimum atomic E-state index is -5.11. The molecule has 7 nitrogen and oxygen atoms in total. The number of hydrogen-bond acceptors (Lipinski definition) is 7. The number of hydrogen-bond donors (Lipinski definition) is 0. The summed E-state index contributed by atoms with van der Waals surface area (Å²) in [5.41, 5.74) is 0. The Morgan fingerprint density at radius 2 is 1.62 bits per heavy atom. The zero-order valence-corrected chi connectivity index (χ0v) is 17.6. The number of aliphatic carboxylic acids is 1. The van der Waals surface area contributed by atoms with Crippen molar-refractivity contribution < 1.29 is 91.5 Å². The predicted octanol–water partition coefficient (Wildman–Crippen LogP) is -6.44. The average molecular weight is 340 g/mol. The molecular weight excluding hydrogens is 322 g/mol. The van der Waals surface area contributed by atoms with Crippen LogP contribution in [-0.4, -0.2) is 36.8 Å². The van der Waals surface area contributed by atoms with Gasteiger partial charge in [-0.1, -0.05) is 32.6 Å². The molecule has 0 aliphatic carbocycles. The van der Waals surface area contributed by atoms with Crippen LogP contribution >= 0.6 is 0 Å². The van der Waals surface area contributed by atoms with Crippen molar-refractivity contribution in [1.29, 1.82) is 0 Å². The Balaban J connectivity index is -0.00000162. The van der Waals surface area contributed by atoms with Gasteiger partial charge in [0.1, 0.15) is 10.1 Å². The average Bonchev–Trinajstić information content (AvgIpc) is 2.28. The van der Waals surface area contributed by atoms with Crippen LogP contribution in [0.1, 0.15) is 45.4 Å². The van der Waals surface area contributed by atoms with Crippen LogP contribution < -0.4 is 64.2 Å². The third-order valence-corrected chi connectivity index (χ3v) is 3.53. The van der Waals surface area contributed by atoms with E-state index in [9.17, 15) is 27.7 Å². The van der Waals surface area contributed by atoms with Gasteiger partial charge in [0.25, 0.3) is 0 Å². The van der Waals surface area contributed by atoms with Crippen molar-refractivity contribution in [1.82, 2.24) is 0 Å². The van der Waals surface area contributed by atoms with Crippen molar-refractivity contribution in [2.24, 2.45) is 0 Å². The molecule has 1 unspecified atom stereocenters. The smallest absolute Gasteiger partial charge is 0.747 e. The molecule has 0 aromatic rings. The van der Waals surface area contributed by atoms with E-state index in [0.717, 1.165) is 25.7 Å². The van der Waals surface area contributed by atoms with Crippen LogP contribution in [0.4, 0.5) is 0 Å². The second-order valence-electron chi connectivity index (χ2n) is 4.14. The Labute approximate surface area is 169 Å². The summed E-state index contributed by atoms with van der Waals surface area (Å²) in [5.74, 6) is -3.11. The molecule has 112 valence electrons. The first-order valence-electron chi connectivity index (χ1n) is 6.10. The number of carboxylic acids is 1. The molecule has 10 heteroatoms. The van der Waals surface area contributed by atoms with Gasteiger partial charge in [-0.3, -0.25) is 4.79 Å². The first kappa shape index (κ1) is 26.7. The molecule has 0 amide bonds. The van der Waals surface area contributed by atoms with E-state index in [1.807, 2.05) is 0 Å². The van der Waals surface area contributed by atoms with Gasteiger partial charge in [-0.25, -0.2) is 8.42 Å². The zero-order valence-electron chi connectivity index (χ0n) is 12.8. The summed E-state index contributed by atoms with van der Waals surface area (Å²) in [6.07, 6.45) is 3.63. The van der Waals surface area contributed by atoms with Gasteiger partial charge in [0.05, 0.1) is 24.2 Å². The van der Waals surface area contributed by atoms with Crippen LogP contribution in [0.25, 0.3) is 0 Å². The summed E-state index contributed by atoms with van der Waals surface area (Å²) >= 11 is 0. The fourth-order valence-corrected chi connectivity index (χ4v) is 1.98. The number of rotatable bonds is 10. The number of esters is 1. The molecule has 0 rings (SSSR count). The van der Waals surface area contributed by atoms with Gasteiger partial charge in [0.2, 0.25) is 0 Å². The Morgan fingerprint density at radius 3 is 2.05 bits per heavy atom. The van der Waals surface area contributed by atoms with E-state index in [4.69, 9.17) is 0 Å². The van der Waals surface area contributed by atoms with E-state index in [1.54, 1.807) is 0 Å². The molecule has 0 saturated heterocycles. The van der Waals surface area contributed by atoms with Crippen molar-refractivity contribution in [2.45, 2.75) is 50.7 Å². The Bertz CT molecular complexity index is 397. The first-order valence-corrected chi connectivity index (χ1v) is 7.57. The van der Waals surface area contributed by atoms with Gasteiger partial charge < -0.3 is 19.2 Å². The van der Waals surface area contributed by atoms with E-state index in [0.29, 0.717) is 6.42 Å². The van der Waals surface area contributed by atoms with E-state index in [1.165, 1.54) is 0 Å². The molecule has 0 aromatic heterocycles. The maximum absolute atomic E-state index is 11.2. The minimum Gasteiger partial charge on any atom is -0.747 e. The van der Waals surface area contributed by atoms with Gasteiger partial charge in [0.15, 0.2) is 0 Å². The second kappa shape index (κ2) is 14.4. The van der Waals surface area contributed by atoms with Gasteiger partial charge in [0, 0.05) is 0 Å². The van der Waals surface area contributed by atoms with Crippen LogP contribution in [0.3, 0.4) is 0 Å². The summed E-state index contributed by atoms with van der Waals surface area (Å²) in [6, 6.07) is 0. The molecule has 0 fully saturated rings. The molecule has 0 aliphatic heterocycles. The molecule has 0 aliphatic rings. The normalized spacial score (nSPS) is 11.7. The Kier molecular flexibility index (Phi) is 18.4. The zero-order chi connectivity index (χ0) is 14.9. The van der Waals surface area contributed by atoms with Crippen molar-refractivity contribution in [3.05, 3.63) is 0 Å². The maximum atomic E-state index is 11.2. The fourth-order valence-electron chi connectivity index (χ4n) is 1.41. The van der Waals surface area contributed by atoms with Crippen LogP contribution in [0.15, 0.2) is 0 Å². The molecule has 0 heterocycles. The van der Waals surface area contributed by atoms with E-state index in [-0.39, 0.29) is 65.7 Å². The minimum absolute atomic E-state index is 0. The molecular formula is C11H18Na2O7S. The Morgan fingerprint density at radius 1 is 1.10 bits per heavy atom. The third kappa shape index (κ3) is 14.2. The predicted molar refractivity (Wildman–Crippen MR) is 62.8 cm³/mol. The molecule has 0 saturated carbocycles. The fraction of sp³-hybridized carbons (Fsp3) is 0.818. The van der Waals surface area contributed by atoms with Crippen LogP contribution in [0.2, 0.25) is 0 Å². The molecule has 0 N–H and O–H groups in total. The second-order valence-corrected chi connectivity index (χ2v) is 5.69. The number of carbonyl (C=O) groups is 2. The first-order chi connectivity index (χ1) is 8.79. The maximum Gasteiger partial charge on any atom is 1.00 e. The standard InChI is InChI=1S/C11H20O7S.2Na/c1-2-3-4-5-6-7-18-10(12)8-9(11(13)14)19(15,16)17;;/h9H,2-8H2,1H3,(H,13,14)(H,15,16,17);;/q;2*+1/p-2. The molecule has 21 heavy (non-hydrogen) atoms. The molecule has 0 aromatic carbocycles.